The van der Waals surface area contributed by atoms with Crippen LogP contribution in [0.25, 0.3) is 0 Å². The molecule has 0 amide bonds. The number of aryl methyl sites for hydroxylation is 2. The maximum Gasteiger partial charge on any atom is 0.132 e. The van der Waals surface area contributed by atoms with Gasteiger partial charge in [0.25, 0.3) is 0 Å². The van der Waals surface area contributed by atoms with Gasteiger partial charge in [-0.3, -0.25) is 0 Å². The van der Waals surface area contributed by atoms with Gasteiger partial charge in [0.15, 0.2) is 0 Å². The van der Waals surface area contributed by atoms with Crippen LogP contribution < -0.4 is 10.5 Å². The van der Waals surface area contributed by atoms with E-state index in [1.165, 1.54) is 16.7 Å². The van der Waals surface area contributed by atoms with E-state index in [1.54, 1.807) is 18.9 Å². The number of hydrogen-bond acceptors (Lipinski definition) is 3. The van der Waals surface area contributed by atoms with Crippen LogP contribution in [0.4, 0.5) is 0 Å². The van der Waals surface area contributed by atoms with Crippen LogP contribution in [-0.2, 0) is 0 Å². The van der Waals surface area contributed by atoms with Crippen molar-refractivity contribution in [3.8, 4) is 5.75 Å². The van der Waals surface area contributed by atoms with Crippen LogP contribution in [0.5, 0.6) is 5.75 Å². The highest BCUT2D eigenvalue weighted by Crippen LogP contribution is 2.31. The van der Waals surface area contributed by atoms with Crippen molar-refractivity contribution in [2.45, 2.75) is 24.8 Å². The van der Waals surface area contributed by atoms with Crippen molar-refractivity contribution in [1.82, 2.24) is 0 Å². The molecule has 20 heavy (non-hydrogen) atoms. The number of nitrogens with two attached hydrogens (primary N) is 1. The summed E-state index contributed by atoms with van der Waals surface area (Å²) < 4.78 is 5.36. The second-order valence-corrected chi connectivity index (χ2v) is 5.99. The number of para-hydroxylation sites is 1. The molecule has 0 aliphatic heterocycles. The lowest BCUT2D eigenvalue weighted by Crippen LogP contribution is -2.14. The maximum atomic E-state index is 6.32. The molecule has 0 bridgehead atoms. The van der Waals surface area contributed by atoms with E-state index in [0.29, 0.717) is 0 Å². The van der Waals surface area contributed by atoms with E-state index in [1.807, 2.05) is 18.2 Å². The average molecular weight is 287 g/mol. The number of methoxy groups -OCH3 is 1. The second-order valence-electron chi connectivity index (χ2n) is 4.93. The first-order valence-corrected chi connectivity index (χ1v) is 7.69. The molecule has 0 saturated heterocycles. The summed E-state index contributed by atoms with van der Waals surface area (Å²) in [6, 6.07) is 14.5. The Morgan fingerprint density at radius 3 is 2.60 bits per heavy atom. The number of thioether (sulfide) groups is 1. The Hall–Kier alpha value is -1.45. The van der Waals surface area contributed by atoms with Crippen LogP contribution in [0.1, 0.15) is 22.7 Å². The minimum Gasteiger partial charge on any atom is -0.496 e. The van der Waals surface area contributed by atoms with E-state index in [4.69, 9.17) is 10.5 Å². The highest BCUT2D eigenvalue weighted by molar-refractivity contribution is 7.99. The number of rotatable bonds is 5. The number of benzene rings is 2. The average Bonchev–Trinajstić information content (AvgIpc) is 2.45. The van der Waals surface area contributed by atoms with Crippen molar-refractivity contribution in [1.29, 1.82) is 0 Å². The van der Waals surface area contributed by atoms with Gasteiger partial charge in [-0.1, -0.05) is 35.9 Å². The molecule has 0 aromatic heterocycles. The fraction of sp³-hybridized carbons (Fsp3) is 0.294. The molecule has 0 radical (unpaired) electrons. The van der Waals surface area contributed by atoms with Crippen molar-refractivity contribution in [2.75, 3.05) is 12.9 Å². The summed E-state index contributed by atoms with van der Waals surface area (Å²) in [4.78, 5) is 1.13. The monoisotopic (exact) mass is 287 g/mol. The lowest BCUT2D eigenvalue weighted by atomic mass is 10.0. The van der Waals surface area contributed by atoms with Gasteiger partial charge in [-0.2, -0.15) is 0 Å². The zero-order chi connectivity index (χ0) is 14.5. The Kier molecular flexibility index (Phi) is 5.10. The lowest BCUT2D eigenvalue weighted by molar-refractivity contribution is 0.405. The summed E-state index contributed by atoms with van der Waals surface area (Å²) in [6.45, 7) is 4.22. The molecule has 2 N–H and O–H groups in total. The molecule has 0 fully saturated rings. The van der Waals surface area contributed by atoms with Crippen LogP contribution in [0, 0.1) is 13.8 Å². The topological polar surface area (TPSA) is 35.2 Å². The highest BCUT2D eigenvalue weighted by atomic mass is 32.2. The van der Waals surface area contributed by atoms with Crippen molar-refractivity contribution >= 4 is 11.8 Å². The number of ether oxygens (including phenoxy) is 1. The van der Waals surface area contributed by atoms with Gasteiger partial charge in [-0.15, -0.1) is 11.8 Å². The molecule has 106 valence electrons. The summed E-state index contributed by atoms with van der Waals surface area (Å²) in [5.41, 5.74) is 10.1. The Morgan fingerprint density at radius 2 is 1.90 bits per heavy atom. The van der Waals surface area contributed by atoms with Gasteiger partial charge in [-0.25, -0.2) is 0 Å². The fourth-order valence-electron chi connectivity index (χ4n) is 2.25. The van der Waals surface area contributed by atoms with Gasteiger partial charge < -0.3 is 10.5 Å². The maximum absolute atomic E-state index is 6.32. The second kappa shape index (κ2) is 6.82. The van der Waals surface area contributed by atoms with E-state index in [2.05, 4.69) is 38.1 Å². The van der Waals surface area contributed by atoms with Crippen LogP contribution >= 0.6 is 11.8 Å². The van der Waals surface area contributed by atoms with Crippen molar-refractivity contribution < 1.29 is 4.74 Å². The summed E-state index contributed by atoms with van der Waals surface area (Å²) in [6.07, 6.45) is 0. The molecule has 0 heterocycles. The van der Waals surface area contributed by atoms with Crippen molar-refractivity contribution in [2.24, 2.45) is 5.73 Å². The van der Waals surface area contributed by atoms with Gasteiger partial charge >= 0.3 is 0 Å². The van der Waals surface area contributed by atoms with E-state index in [0.717, 1.165) is 16.4 Å². The van der Waals surface area contributed by atoms with E-state index in [-0.39, 0.29) is 6.04 Å². The van der Waals surface area contributed by atoms with Gasteiger partial charge in [0.2, 0.25) is 0 Å². The standard InChI is InChI=1S/C17H21NOS/c1-12-8-9-14(13(2)10-12)15(18)11-20-17-7-5-4-6-16(17)19-3/h4-10,15H,11,18H2,1-3H3. The normalized spacial score (nSPS) is 12.2. The third-order valence-corrected chi connectivity index (χ3v) is 4.49. The van der Waals surface area contributed by atoms with E-state index >= 15 is 0 Å². The Bertz CT molecular complexity index is 583. The van der Waals surface area contributed by atoms with Gasteiger partial charge in [0.05, 0.1) is 7.11 Å². The Labute approximate surface area is 125 Å². The minimum absolute atomic E-state index is 0.0329. The first-order chi connectivity index (χ1) is 9.61. The molecule has 0 spiro atoms. The van der Waals surface area contributed by atoms with E-state index < -0.39 is 0 Å². The molecule has 0 aliphatic carbocycles. The fourth-order valence-corrected chi connectivity index (χ4v) is 3.26. The summed E-state index contributed by atoms with van der Waals surface area (Å²) >= 11 is 1.74. The molecule has 2 rings (SSSR count). The molecule has 0 saturated carbocycles. The predicted octanol–water partition coefficient (Wildman–Crippen LogP) is 4.10. The SMILES string of the molecule is COc1ccccc1SCC(N)c1ccc(C)cc1C. The molecule has 3 heteroatoms. The summed E-state index contributed by atoms with van der Waals surface area (Å²) in [5.74, 6) is 1.75. The smallest absolute Gasteiger partial charge is 0.132 e. The van der Waals surface area contributed by atoms with E-state index in [9.17, 15) is 0 Å². The summed E-state index contributed by atoms with van der Waals surface area (Å²) in [7, 11) is 1.70. The molecule has 2 aromatic rings. The third kappa shape index (κ3) is 3.56. The van der Waals surface area contributed by atoms with Gasteiger partial charge in [0.1, 0.15) is 5.75 Å². The first kappa shape index (κ1) is 14.9. The van der Waals surface area contributed by atoms with Crippen molar-refractivity contribution in [3.05, 3.63) is 59.2 Å². The summed E-state index contributed by atoms with van der Waals surface area (Å²) in [5, 5.41) is 0. The molecule has 0 aliphatic rings. The first-order valence-electron chi connectivity index (χ1n) is 6.70. The van der Waals surface area contributed by atoms with Crippen LogP contribution in [0.2, 0.25) is 0 Å². The third-order valence-electron chi connectivity index (χ3n) is 3.31. The molecule has 2 aromatic carbocycles. The molecular weight excluding hydrogens is 266 g/mol. The van der Waals surface area contributed by atoms with Crippen LogP contribution in [-0.4, -0.2) is 12.9 Å². The predicted molar refractivity (Wildman–Crippen MR) is 86.6 cm³/mol. The zero-order valence-corrected chi connectivity index (χ0v) is 13.0. The van der Waals surface area contributed by atoms with Crippen LogP contribution in [0.3, 0.4) is 0 Å². The van der Waals surface area contributed by atoms with Gasteiger partial charge in [0, 0.05) is 16.7 Å². The Balaban J connectivity index is 2.06. The molecule has 1 unspecified atom stereocenters. The van der Waals surface area contributed by atoms with Gasteiger partial charge in [-0.05, 0) is 37.1 Å². The van der Waals surface area contributed by atoms with Crippen LogP contribution in [0.15, 0.2) is 47.4 Å². The highest BCUT2D eigenvalue weighted by Gasteiger charge is 2.11. The molecule has 2 nitrogen and oxygen atoms in total. The quantitative estimate of drug-likeness (QED) is 0.841. The molecule has 1 atom stereocenters. The Morgan fingerprint density at radius 1 is 1.15 bits per heavy atom. The van der Waals surface area contributed by atoms with Crippen molar-refractivity contribution in [3.63, 3.8) is 0 Å². The zero-order valence-electron chi connectivity index (χ0n) is 12.2. The lowest BCUT2D eigenvalue weighted by Gasteiger charge is -2.16. The largest absolute Gasteiger partial charge is 0.496 e. The minimum atomic E-state index is 0.0329. The molecular formula is C17H21NOS. The number of hydrogen-bond donors (Lipinski definition) is 1.